The van der Waals surface area contributed by atoms with Crippen LogP contribution in [0.1, 0.15) is 0 Å². The van der Waals surface area contributed by atoms with Crippen molar-refractivity contribution in [2.24, 2.45) is 0 Å². The number of halogens is 1. The van der Waals surface area contributed by atoms with Gasteiger partial charge in [0.05, 0.1) is 0 Å². The lowest BCUT2D eigenvalue weighted by atomic mass is 9.97. The smallest absolute Gasteiger partial charge is 0.118 e. The Labute approximate surface area is 73.6 Å². The van der Waals surface area contributed by atoms with Crippen molar-refractivity contribution in [1.29, 1.82) is 0 Å². The Balaban J connectivity index is 2.96. The van der Waals surface area contributed by atoms with Gasteiger partial charge in [-0.1, -0.05) is 5.46 Å². The predicted molar refractivity (Wildman–Crippen MR) is 49.2 cm³/mol. The number of hydrogen-bond acceptors (Lipinski definition) is 1. The number of pyridine rings is 1. The maximum atomic E-state index is 5.65. The summed E-state index contributed by atoms with van der Waals surface area (Å²) >= 11 is 3.32. The Kier molecular flexibility index (Phi) is 1.49. The van der Waals surface area contributed by atoms with E-state index in [9.17, 15) is 0 Å². The van der Waals surface area contributed by atoms with Crippen LogP contribution in [-0.4, -0.2) is 17.8 Å². The maximum Gasteiger partial charge on any atom is 0.118 e. The second kappa shape index (κ2) is 2.38. The van der Waals surface area contributed by atoms with E-state index in [0.717, 1.165) is 15.5 Å². The van der Waals surface area contributed by atoms with E-state index >= 15 is 0 Å². The molecule has 0 atom stereocenters. The van der Waals surface area contributed by atoms with Crippen LogP contribution in [0.15, 0.2) is 23.1 Å². The second-order valence-electron chi connectivity index (χ2n) is 2.27. The molecular formula is C7H4BBrN2. The van der Waals surface area contributed by atoms with Gasteiger partial charge in [-0.15, -0.1) is 0 Å². The molecular weight excluding hydrogens is 203 g/mol. The molecule has 0 saturated heterocycles. The third-order valence-electron chi connectivity index (χ3n) is 1.57. The highest BCUT2D eigenvalue weighted by Gasteiger charge is 2.01. The van der Waals surface area contributed by atoms with Crippen LogP contribution in [0.5, 0.6) is 0 Å². The molecule has 0 fully saturated rings. The van der Waals surface area contributed by atoms with Crippen molar-refractivity contribution in [2.75, 3.05) is 0 Å². The fourth-order valence-electron chi connectivity index (χ4n) is 1.04. The van der Waals surface area contributed by atoms with Crippen LogP contribution in [0, 0.1) is 0 Å². The number of rotatable bonds is 0. The SMILES string of the molecule is [B]c1cnc(Br)c2cc[nH]c12. The molecule has 0 saturated carbocycles. The topological polar surface area (TPSA) is 28.7 Å². The largest absolute Gasteiger partial charge is 0.362 e. The molecule has 2 aromatic rings. The first kappa shape index (κ1) is 6.92. The predicted octanol–water partition coefficient (Wildman–Crippen LogP) is 1.12. The number of hydrogen-bond donors (Lipinski definition) is 1. The van der Waals surface area contributed by atoms with Gasteiger partial charge in [0.15, 0.2) is 0 Å². The van der Waals surface area contributed by atoms with Gasteiger partial charge >= 0.3 is 0 Å². The van der Waals surface area contributed by atoms with Gasteiger partial charge in [-0.2, -0.15) is 0 Å². The van der Waals surface area contributed by atoms with E-state index in [1.165, 1.54) is 0 Å². The highest BCUT2D eigenvalue weighted by Crippen LogP contribution is 2.17. The highest BCUT2D eigenvalue weighted by molar-refractivity contribution is 9.10. The maximum absolute atomic E-state index is 5.65. The van der Waals surface area contributed by atoms with Gasteiger partial charge in [0.25, 0.3) is 0 Å². The molecule has 0 bridgehead atoms. The van der Waals surface area contributed by atoms with Crippen molar-refractivity contribution in [1.82, 2.24) is 9.97 Å². The first-order valence-electron chi connectivity index (χ1n) is 3.16. The van der Waals surface area contributed by atoms with Crippen LogP contribution < -0.4 is 5.46 Å². The van der Waals surface area contributed by atoms with E-state index in [1.807, 2.05) is 12.3 Å². The number of aromatic amines is 1. The minimum Gasteiger partial charge on any atom is -0.362 e. The number of nitrogens with one attached hydrogen (secondary N) is 1. The van der Waals surface area contributed by atoms with Crippen molar-refractivity contribution in [3.8, 4) is 0 Å². The Morgan fingerprint density at radius 2 is 2.36 bits per heavy atom. The lowest BCUT2D eigenvalue weighted by molar-refractivity contribution is 1.33. The zero-order chi connectivity index (χ0) is 7.84. The summed E-state index contributed by atoms with van der Waals surface area (Å²) < 4.78 is 0.822. The molecule has 11 heavy (non-hydrogen) atoms. The summed E-state index contributed by atoms with van der Waals surface area (Å²) in [6, 6.07) is 1.93. The summed E-state index contributed by atoms with van der Waals surface area (Å²) in [6.07, 6.45) is 3.47. The van der Waals surface area contributed by atoms with Gasteiger partial charge in [0, 0.05) is 23.3 Å². The molecule has 0 aliphatic rings. The van der Waals surface area contributed by atoms with Crippen LogP contribution in [0.4, 0.5) is 0 Å². The average molecular weight is 207 g/mol. The van der Waals surface area contributed by atoms with Crippen LogP contribution >= 0.6 is 15.9 Å². The Bertz CT molecular complexity index is 360. The molecule has 0 aliphatic carbocycles. The van der Waals surface area contributed by atoms with E-state index < -0.39 is 0 Å². The van der Waals surface area contributed by atoms with E-state index in [2.05, 4.69) is 25.9 Å². The Morgan fingerprint density at radius 1 is 1.55 bits per heavy atom. The van der Waals surface area contributed by atoms with Crippen LogP contribution in [0.3, 0.4) is 0 Å². The third-order valence-corrected chi connectivity index (χ3v) is 2.21. The van der Waals surface area contributed by atoms with E-state index in [4.69, 9.17) is 7.85 Å². The molecule has 0 spiro atoms. The molecule has 0 aromatic carbocycles. The minimum absolute atomic E-state index is 0.674. The molecule has 2 heterocycles. The zero-order valence-corrected chi connectivity index (χ0v) is 7.22. The number of H-pyrrole nitrogens is 1. The van der Waals surface area contributed by atoms with Crippen molar-refractivity contribution >= 4 is 40.1 Å². The fraction of sp³-hybridized carbons (Fsp3) is 0. The van der Waals surface area contributed by atoms with Gasteiger partial charge in [0.2, 0.25) is 0 Å². The van der Waals surface area contributed by atoms with Crippen molar-refractivity contribution in [3.63, 3.8) is 0 Å². The number of aromatic nitrogens is 2. The quantitative estimate of drug-likeness (QED) is 0.508. The Morgan fingerprint density at radius 3 is 3.09 bits per heavy atom. The summed E-state index contributed by atoms with van der Waals surface area (Å²) in [5.74, 6) is 0. The third kappa shape index (κ3) is 0.978. The molecule has 2 rings (SSSR count). The summed E-state index contributed by atoms with van der Waals surface area (Å²) in [5, 5.41) is 1.02. The zero-order valence-electron chi connectivity index (χ0n) is 5.63. The van der Waals surface area contributed by atoms with Crippen molar-refractivity contribution in [2.45, 2.75) is 0 Å². The molecule has 0 unspecified atom stereocenters. The standard InChI is InChI=1S/C7H4BBrN2/c8-5-3-11-7(9)4-1-2-10-6(4)5/h1-3,10H. The molecule has 2 nitrogen and oxygen atoms in total. The lowest BCUT2D eigenvalue weighted by Crippen LogP contribution is -2.04. The van der Waals surface area contributed by atoms with E-state index in [1.54, 1.807) is 6.20 Å². The van der Waals surface area contributed by atoms with E-state index in [-0.39, 0.29) is 0 Å². The summed E-state index contributed by atoms with van der Waals surface area (Å²) in [4.78, 5) is 7.08. The van der Waals surface area contributed by atoms with Gasteiger partial charge in [-0.05, 0) is 22.0 Å². The molecule has 0 amide bonds. The second-order valence-corrected chi connectivity index (χ2v) is 3.02. The van der Waals surface area contributed by atoms with Gasteiger partial charge in [-0.3, -0.25) is 0 Å². The lowest BCUT2D eigenvalue weighted by Gasteiger charge is -1.96. The first-order chi connectivity index (χ1) is 5.29. The Hall–Kier alpha value is -0.765. The van der Waals surface area contributed by atoms with Crippen LogP contribution in [-0.2, 0) is 0 Å². The summed E-state index contributed by atoms with van der Waals surface area (Å²) in [6.45, 7) is 0. The number of fused-ring (bicyclic) bond motifs is 1. The minimum atomic E-state index is 0.674. The summed E-state index contributed by atoms with van der Waals surface area (Å²) in [5.41, 5.74) is 1.61. The monoisotopic (exact) mass is 206 g/mol. The van der Waals surface area contributed by atoms with Crippen molar-refractivity contribution < 1.29 is 0 Å². The first-order valence-corrected chi connectivity index (χ1v) is 3.95. The molecule has 2 radical (unpaired) electrons. The summed E-state index contributed by atoms with van der Waals surface area (Å²) in [7, 11) is 5.65. The van der Waals surface area contributed by atoms with Gasteiger partial charge < -0.3 is 4.98 Å². The highest BCUT2D eigenvalue weighted by atomic mass is 79.9. The molecule has 4 heteroatoms. The van der Waals surface area contributed by atoms with Crippen LogP contribution in [0.25, 0.3) is 10.9 Å². The normalized spacial score (nSPS) is 10.6. The van der Waals surface area contributed by atoms with Gasteiger partial charge in [0.1, 0.15) is 12.4 Å². The molecule has 0 aliphatic heterocycles. The van der Waals surface area contributed by atoms with E-state index in [0.29, 0.717) is 5.46 Å². The van der Waals surface area contributed by atoms with Crippen LogP contribution in [0.2, 0.25) is 0 Å². The van der Waals surface area contributed by atoms with Crippen molar-refractivity contribution in [3.05, 3.63) is 23.1 Å². The molecule has 52 valence electrons. The average Bonchev–Trinajstić information content (AvgIpc) is 2.45. The molecule has 2 aromatic heterocycles. The number of nitrogens with zero attached hydrogens (tertiary/aromatic N) is 1. The van der Waals surface area contributed by atoms with Gasteiger partial charge in [-0.25, -0.2) is 4.98 Å². The fourth-order valence-corrected chi connectivity index (χ4v) is 1.47. The molecule has 1 N–H and O–H groups in total.